The molecule has 1 aliphatic carbocycles. The zero-order valence-corrected chi connectivity index (χ0v) is 11.7. The molecule has 20 heavy (non-hydrogen) atoms. The van der Waals surface area contributed by atoms with E-state index in [0.717, 1.165) is 35.4 Å². The molecule has 2 rings (SSSR count). The minimum absolute atomic E-state index is 0.611. The van der Waals surface area contributed by atoms with E-state index in [1.165, 1.54) is 12.8 Å². The first kappa shape index (κ1) is 14.2. The van der Waals surface area contributed by atoms with Crippen molar-refractivity contribution in [1.82, 2.24) is 0 Å². The molecule has 1 aromatic carbocycles. The van der Waals surface area contributed by atoms with Crippen molar-refractivity contribution in [2.75, 3.05) is 18.0 Å². The van der Waals surface area contributed by atoms with Gasteiger partial charge < -0.3 is 10.0 Å². The second-order valence-electron chi connectivity index (χ2n) is 5.24. The zero-order chi connectivity index (χ0) is 14.5. The Hall–Kier alpha value is -2.21. The highest BCUT2D eigenvalue weighted by Gasteiger charge is 2.24. The van der Waals surface area contributed by atoms with Crippen molar-refractivity contribution in [2.45, 2.75) is 19.8 Å². The lowest BCUT2D eigenvalue weighted by molar-refractivity contribution is -0.131. The number of carboxylic acid groups (broad SMARTS) is 1. The number of aryl methyl sites for hydroxylation is 1. The second-order valence-corrected chi connectivity index (χ2v) is 5.24. The third-order valence-corrected chi connectivity index (χ3v) is 3.48. The summed E-state index contributed by atoms with van der Waals surface area (Å²) < 4.78 is 0. The molecular formula is C17H19NO2. The number of carbonyl (C=O) groups is 1. The van der Waals surface area contributed by atoms with Gasteiger partial charge in [0.25, 0.3) is 0 Å². The largest absolute Gasteiger partial charge is 0.478 e. The predicted molar refractivity (Wildman–Crippen MR) is 81.6 cm³/mol. The number of hydrogen-bond acceptors (Lipinski definition) is 2. The van der Waals surface area contributed by atoms with Crippen LogP contribution in [0.3, 0.4) is 0 Å². The fourth-order valence-corrected chi connectivity index (χ4v) is 2.19. The Morgan fingerprint density at radius 3 is 2.85 bits per heavy atom. The molecule has 0 saturated heterocycles. The third kappa shape index (κ3) is 3.89. The van der Waals surface area contributed by atoms with E-state index in [0.29, 0.717) is 6.54 Å². The van der Waals surface area contributed by atoms with Crippen molar-refractivity contribution in [3.63, 3.8) is 0 Å². The molecule has 0 heterocycles. The average Bonchev–Trinajstić information content (AvgIpc) is 3.20. The normalized spacial score (nSPS) is 14.2. The van der Waals surface area contributed by atoms with Gasteiger partial charge in [0.1, 0.15) is 0 Å². The van der Waals surface area contributed by atoms with Gasteiger partial charge in [-0.25, -0.2) is 4.79 Å². The molecule has 0 spiro atoms. The van der Waals surface area contributed by atoms with Crippen LogP contribution in [-0.2, 0) is 4.79 Å². The molecule has 104 valence electrons. The van der Waals surface area contributed by atoms with Crippen LogP contribution in [0.5, 0.6) is 0 Å². The highest BCUT2D eigenvalue weighted by molar-refractivity contribution is 5.85. The van der Waals surface area contributed by atoms with Crippen LogP contribution in [0.25, 0.3) is 6.08 Å². The lowest BCUT2D eigenvalue weighted by Gasteiger charge is -2.23. The predicted octanol–water partition coefficient (Wildman–Crippen LogP) is 2.94. The molecule has 1 aliphatic rings. The summed E-state index contributed by atoms with van der Waals surface area (Å²) in [4.78, 5) is 12.8. The molecule has 0 unspecified atom stereocenters. The van der Waals surface area contributed by atoms with E-state index in [4.69, 9.17) is 11.5 Å². The highest BCUT2D eigenvalue weighted by Crippen LogP contribution is 2.31. The van der Waals surface area contributed by atoms with E-state index in [-0.39, 0.29) is 0 Å². The zero-order valence-electron chi connectivity index (χ0n) is 11.7. The van der Waals surface area contributed by atoms with Crippen molar-refractivity contribution in [3.8, 4) is 12.3 Å². The maximum atomic E-state index is 10.6. The molecule has 0 aliphatic heterocycles. The molecule has 3 nitrogen and oxygen atoms in total. The number of terminal acetylenes is 1. The van der Waals surface area contributed by atoms with Gasteiger partial charge in [-0.05, 0) is 55.0 Å². The first-order valence-electron chi connectivity index (χ1n) is 6.80. The Kier molecular flexibility index (Phi) is 4.47. The van der Waals surface area contributed by atoms with E-state index in [9.17, 15) is 4.79 Å². The molecule has 0 bridgehead atoms. The molecule has 0 aromatic heterocycles. The van der Waals surface area contributed by atoms with Gasteiger partial charge in [0.05, 0.1) is 6.54 Å². The minimum atomic E-state index is -0.934. The van der Waals surface area contributed by atoms with E-state index in [1.807, 2.05) is 19.1 Å². The number of rotatable bonds is 6. The molecule has 0 atom stereocenters. The van der Waals surface area contributed by atoms with Crippen LogP contribution in [0.1, 0.15) is 24.0 Å². The van der Waals surface area contributed by atoms with E-state index < -0.39 is 5.97 Å². The molecule has 3 heteroatoms. The average molecular weight is 269 g/mol. The maximum absolute atomic E-state index is 10.6. The summed E-state index contributed by atoms with van der Waals surface area (Å²) in [5.41, 5.74) is 3.08. The Morgan fingerprint density at radius 1 is 1.55 bits per heavy atom. The fourth-order valence-electron chi connectivity index (χ4n) is 2.19. The summed E-state index contributed by atoms with van der Waals surface area (Å²) >= 11 is 0. The fraction of sp³-hybridized carbons (Fsp3) is 0.353. The lowest BCUT2D eigenvalue weighted by Crippen LogP contribution is -2.26. The Labute approximate surface area is 119 Å². The van der Waals surface area contributed by atoms with Crippen molar-refractivity contribution >= 4 is 17.7 Å². The van der Waals surface area contributed by atoms with Crippen LogP contribution in [-0.4, -0.2) is 24.2 Å². The Morgan fingerprint density at radius 2 is 2.30 bits per heavy atom. The second kappa shape index (κ2) is 6.29. The van der Waals surface area contributed by atoms with Gasteiger partial charge in [-0.15, -0.1) is 6.42 Å². The molecule has 1 saturated carbocycles. The first-order chi connectivity index (χ1) is 9.60. The van der Waals surface area contributed by atoms with Crippen molar-refractivity contribution in [1.29, 1.82) is 0 Å². The number of anilines is 1. The van der Waals surface area contributed by atoms with Crippen molar-refractivity contribution in [2.24, 2.45) is 5.92 Å². The number of nitrogens with zero attached hydrogens (tertiary/aromatic N) is 1. The minimum Gasteiger partial charge on any atom is -0.478 e. The van der Waals surface area contributed by atoms with Gasteiger partial charge in [0, 0.05) is 18.3 Å². The van der Waals surface area contributed by atoms with Crippen LogP contribution >= 0.6 is 0 Å². The quantitative estimate of drug-likeness (QED) is 0.637. The summed E-state index contributed by atoms with van der Waals surface area (Å²) in [6.07, 6.45) is 10.8. The lowest BCUT2D eigenvalue weighted by atomic mass is 10.1. The topological polar surface area (TPSA) is 40.5 Å². The molecule has 1 aromatic rings. The van der Waals surface area contributed by atoms with Gasteiger partial charge >= 0.3 is 5.97 Å². The van der Waals surface area contributed by atoms with Gasteiger partial charge in [-0.1, -0.05) is 12.0 Å². The Bertz CT molecular complexity index is 565. The van der Waals surface area contributed by atoms with E-state index in [1.54, 1.807) is 6.08 Å². The summed E-state index contributed by atoms with van der Waals surface area (Å²) in [5.74, 6) is 2.55. The molecule has 1 N–H and O–H groups in total. The van der Waals surface area contributed by atoms with E-state index in [2.05, 4.69) is 16.9 Å². The molecular weight excluding hydrogens is 250 g/mol. The summed E-state index contributed by atoms with van der Waals surface area (Å²) in [7, 11) is 0. The first-order valence-corrected chi connectivity index (χ1v) is 6.80. The number of aliphatic carboxylic acids is 1. The van der Waals surface area contributed by atoms with Crippen LogP contribution < -0.4 is 4.90 Å². The van der Waals surface area contributed by atoms with Crippen LogP contribution in [0.15, 0.2) is 24.3 Å². The number of hydrogen-bond donors (Lipinski definition) is 1. The number of carboxylic acids is 1. The van der Waals surface area contributed by atoms with Crippen LogP contribution in [0, 0.1) is 25.2 Å². The molecule has 1 fully saturated rings. The van der Waals surface area contributed by atoms with Crippen LogP contribution in [0.2, 0.25) is 0 Å². The van der Waals surface area contributed by atoms with Gasteiger partial charge in [-0.2, -0.15) is 0 Å². The van der Waals surface area contributed by atoms with Gasteiger partial charge in [0.15, 0.2) is 0 Å². The summed E-state index contributed by atoms with van der Waals surface area (Å²) in [6.45, 7) is 3.60. The van der Waals surface area contributed by atoms with Gasteiger partial charge in [-0.3, -0.25) is 0 Å². The highest BCUT2D eigenvalue weighted by atomic mass is 16.4. The SMILES string of the molecule is C#CCN(CC1CC1)c1ccc(/C=C/C(=O)O)c(C)c1. The van der Waals surface area contributed by atoms with Gasteiger partial charge in [0.2, 0.25) is 0 Å². The maximum Gasteiger partial charge on any atom is 0.328 e. The standard InChI is InChI=1S/C17H19NO2/c1-3-10-18(12-14-4-5-14)16-8-6-15(13(2)11-16)7-9-17(19)20/h1,6-9,11,14H,4-5,10,12H2,2H3,(H,19,20)/b9-7+. The third-order valence-electron chi connectivity index (χ3n) is 3.48. The number of benzene rings is 1. The monoisotopic (exact) mass is 269 g/mol. The molecule has 0 amide bonds. The van der Waals surface area contributed by atoms with Crippen molar-refractivity contribution in [3.05, 3.63) is 35.4 Å². The summed E-state index contributed by atoms with van der Waals surface area (Å²) in [6, 6.07) is 6.02. The molecule has 0 radical (unpaired) electrons. The van der Waals surface area contributed by atoms with E-state index >= 15 is 0 Å². The van der Waals surface area contributed by atoms with Crippen LogP contribution in [0.4, 0.5) is 5.69 Å². The van der Waals surface area contributed by atoms with Crippen molar-refractivity contribution < 1.29 is 9.90 Å². The Balaban J connectivity index is 2.17. The smallest absolute Gasteiger partial charge is 0.328 e. The summed E-state index contributed by atoms with van der Waals surface area (Å²) in [5, 5.41) is 8.67.